The molecule has 1 heterocycles. The first-order valence-electron chi connectivity index (χ1n) is 6.70. The molecule has 0 fully saturated rings. The minimum Gasteiger partial charge on any atom is -0.350 e. The lowest BCUT2D eigenvalue weighted by molar-refractivity contribution is -0.119. The topological polar surface area (TPSA) is 45.2 Å². The van der Waals surface area contributed by atoms with E-state index in [1.807, 2.05) is 5.38 Å². The molecule has 0 unspecified atom stereocenters. The number of carbonyl (C=O) groups excluding carboxylic acids is 1. The standard InChI is InChI=1S/C16H16FN3OS/c1-3-7-20(16-18-6-8-22-16)11-15(21)19-10-13-5-4-12(2)14(17)9-13/h1,4-6,8-9H,7,10-11H2,2H3,(H,19,21). The van der Waals surface area contributed by atoms with E-state index in [4.69, 9.17) is 6.42 Å². The van der Waals surface area contributed by atoms with Gasteiger partial charge in [0, 0.05) is 18.1 Å². The van der Waals surface area contributed by atoms with Gasteiger partial charge in [0.2, 0.25) is 5.91 Å². The van der Waals surface area contributed by atoms with Crippen LogP contribution in [0.5, 0.6) is 0 Å². The molecule has 1 amide bonds. The highest BCUT2D eigenvalue weighted by Crippen LogP contribution is 2.16. The number of thiazole rings is 1. The van der Waals surface area contributed by atoms with Gasteiger partial charge in [0.1, 0.15) is 5.82 Å². The first-order valence-corrected chi connectivity index (χ1v) is 7.57. The number of hydrogen-bond acceptors (Lipinski definition) is 4. The third kappa shape index (κ3) is 4.30. The van der Waals surface area contributed by atoms with Crippen LogP contribution in [0.1, 0.15) is 11.1 Å². The Morgan fingerprint density at radius 1 is 1.55 bits per heavy atom. The molecular weight excluding hydrogens is 301 g/mol. The number of rotatable bonds is 6. The van der Waals surface area contributed by atoms with Gasteiger partial charge < -0.3 is 10.2 Å². The van der Waals surface area contributed by atoms with Crippen molar-refractivity contribution in [3.8, 4) is 12.3 Å². The Hall–Kier alpha value is -2.39. The molecular formula is C16H16FN3OS. The van der Waals surface area contributed by atoms with Crippen molar-refractivity contribution in [2.45, 2.75) is 13.5 Å². The number of hydrogen-bond donors (Lipinski definition) is 1. The maximum atomic E-state index is 13.5. The molecule has 0 atom stereocenters. The van der Waals surface area contributed by atoms with Crippen molar-refractivity contribution in [3.05, 3.63) is 46.7 Å². The summed E-state index contributed by atoms with van der Waals surface area (Å²) in [6.07, 6.45) is 6.98. The van der Waals surface area contributed by atoms with Crippen molar-refractivity contribution in [2.24, 2.45) is 0 Å². The van der Waals surface area contributed by atoms with Gasteiger partial charge in [0.05, 0.1) is 13.1 Å². The molecule has 114 valence electrons. The minimum atomic E-state index is -0.275. The Balaban J connectivity index is 1.91. The van der Waals surface area contributed by atoms with Gasteiger partial charge in [-0.15, -0.1) is 17.8 Å². The lowest BCUT2D eigenvalue weighted by atomic mass is 10.1. The summed E-state index contributed by atoms with van der Waals surface area (Å²) >= 11 is 1.42. The Morgan fingerprint density at radius 2 is 2.36 bits per heavy atom. The van der Waals surface area contributed by atoms with Crippen LogP contribution in [0.4, 0.5) is 9.52 Å². The number of amides is 1. The number of anilines is 1. The molecule has 1 aromatic carbocycles. The molecule has 2 rings (SSSR count). The van der Waals surface area contributed by atoms with Crippen molar-refractivity contribution in [1.29, 1.82) is 0 Å². The third-order valence-corrected chi connectivity index (χ3v) is 3.86. The van der Waals surface area contributed by atoms with E-state index in [2.05, 4.69) is 16.2 Å². The van der Waals surface area contributed by atoms with Crippen LogP contribution in [0.3, 0.4) is 0 Å². The molecule has 0 saturated heterocycles. The maximum Gasteiger partial charge on any atom is 0.239 e. The predicted octanol–water partition coefficient (Wildman–Crippen LogP) is 2.35. The van der Waals surface area contributed by atoms with Crippen LogP contribution in [-0.2, 0) is 11.3 Å². The van der Waals surface area contributed by atoms with E-state index in [1.54, 1.807) is 30.2 Å². The van der Waals surface area contributed by atoms with Gasteiger partial charge in [-0.25, -0.2) is 9.37 Å². The fourth-order valence-corrected chi connectivity index (χ4v) is 2.49. The number of nitrogens with zero attached hydrogens (tertiary/aromatic N) is 2. The fourth-order valence-electron chi connectivity index (χ4n) is 1.85. The van der Waals surface area contributed by atoms with Gasteiger partial charge in [-0.2, -0.15) is 0 Å². The molecule has 4 nitrogen and oxygen atoms in total. The van der Waals surface area contributed by atoms with Crippen molar-refractivity contribution in [2.75, 3.05) is 18.0 Å². The molecule has 0 aliphatic rings. The maximum absolute atomic E-state index is 13.5. The lowest BCUT2D eigenvalue weighted by Gasteiger charge is -2.18. The van der Waals surface area contributed by atoms with Gasteiger partial charge in [0.15, 0.2) is 5.13 Å². The molecule has 0 saturated carbocycles. The fraction of sp³-hybridized carbons (Fsp3) is 0.250. The summed E-state index contributed by atoms with van der Waals surface area (Å²) in [5.41, 5.74) is 1.30. The van der Waals surface area contributed by atoms with E-state index in [9.17, 15) is 9.18 Å². The summed E-state index contributed by atoms with van der Waals surface area (Å²) in [6.45, 7) is 2.40. The van der Waals surface area contributed by atoms with Gasteiger partial charge in [-0.3, -0.25) is 4.79 Å². The van der Waals surface area contributed by atoms with Crippen molar-refractivity contribution < 1.29 is 9.18 Å². The molecule has 0 radical (unpaired) electrons. The van der Waals surface area contributed by atoms with Gasteiger partial charge in [-0.1, -0.05) is 18.1 Å². The summed E-state index contributed by atoms with van der Waals surface area (Å²) < 4.78 is 13.5. The second-order valence-corrected chi connectivity index (χ2v) is 5.61. The van der Waals surface area contributed by atoms with Crippen LogP contribution >= 0.6 is 11.3 Å². The molecule has 0 bridgehead atoms. The zero-order chi connectivity index (χ0) is 15.9. The van der Waals surface area contributed by atoms with Crippen LogP contribution < -0.4 is 10.2 Å². The minimum absolute atomic E-state index is 0.117. The van der Waals surface area contributed by atoms with E-state index in [-0.39, 0.29) is 24.8 Å². The number of aromatic nitrogens is 1. The molecule has 22 heavy (non-hydrogen) atoms. The molecule has 0 spiro atoms. The quantitative estimate of drug-likeness (QED) is 0.832. The smallest absolute Gasteiger partial charge is 0.239 e. The first kappa shape index (κ1) is 16.0. The molecule has 1 aromatic heterocycles. The predicted molar refractivity (Wildman–Crippen MR) is 86.1 cm³/mol. The Morgan fingerprint density at radius 3 is 3.00 bits per heavy atom. The largest absolute Gasteiger partial charge is 0.350 e. The Bertz CT molecular complexity index is 679. The molecule has 6 heteroatoms. The van der Waals surface area contributed by atoms with E-state index in [0.717, 1.165) is 0 Å². The van der Waals surface area contributed by atoms with Gasteiger partial charge in [0.25, 0.3) is 0 Å². The molecule has 0 aliphatic carbocycles. The number of benzene rings is 1. The second kappa shape index (κ2) is 7.57. The Kier molecular flexibility index (Phi) is 5.50. The number of carbonyl (C=O) groups is 1. The van der Waals surface area contributed by atoms with Crippen LogP contribution in [0.15, 0.2) is 29.8 Å². The van der Waals surface area contributed by atoms with Crippen molar-refractivity contribution in [1.82, 2.24) is 10.3 Å². The summed E-state index contributed by atoms with van der Waals surface area (Å²) in [6, 6.07) is 4.91. The zero-order valence-corrected chi connectivity index (χ0v) is 13.0. The lowest BCUT2D eigenvalue weighted by Crippen LogP contribution is -2.37. The number of nitrogens with one attached hydrogen (secondary N) is 1. The summed E-state index contributed by atoms with van der Waals surface area (Å²) in [4.78, 5) is 17.9. The normalized spacial score (nSPS) is 10.0. The first-order chi connectivity index (χ1) is 10.6. The van der Waals surface area contributed by atoms with Gasteiger partial charge >= 0.3 is 0 Å². The SMILES string of the molecule is C#CCN(CC(=O)NCc1ccc(C)c(F)c1)c1nccs1. The van der Waals surface area contributed by atoms with E-state index < -0.39 is 0 Å². The third-order valence-electron chi connectivity index (χ3n) is 3.03. The molecule has 0 aliphatic heterocycles. The summed E-state index contributed by atoms with van der Waals surface area (Å²) in [7, 11) is 0. The van der Waals surface area contributed by atoms with Gasteiger partial charge in [-0.05, 0) is 24.1 Å². The highest BCUT2D eigenvalue weighted by molar-refractivity contribution is 7.13. The molecule has 1 N–H and O–H groups in total. The van der Waals surface area contributed by atoms with Crippen LogP contribution in [0.2, 0.25) is 0 Å². The summed E-state index contributed by atoms with van der Waals surface area (Å²) in [5.74, 6) is 2.05. The highest BCUT2D eigenvalue weighted by Gasteiger charge is 2.12. The average Bonchev–Trinajstić information content (AvgIpc) is 3.02. The number of halogens is 1. The van der Waals surface area contributed by atoms with Crippen LogP contribution in [-0.4, -0.2) is 24.0 Å². The average molecular weight is 317 g/mol. The molecule has 2 aromatic rings. The monoisotopic (exact) mass is 317 g/mol. The van der Waals surface area contributed by atoms with E-state index in [1.165, 1.54) is 17.4 Å². The highest BCUT2D eigenvalue weighted by atomic mass is 32.1. The van der Waals surface area contributed by atoms with Crippen molar-refractivity contribution in [3.63, 3.8) is 0 Å². The van der Waals surface area contributed by atoms with E-state index >= 15 is 0 Å². The summed E-state index contributed by atoms with van der Waals surface area (Å²) in [5, 5.41) is 5.29. The van der Waals surface area contributed by atoms with E-state index in [0.29, 0.717) is 22.8 Å². The van der Waals surface area contributed by atoms with Crippen molar-refractivity contribution >= 4 is 22.4 Å². The van der Waals surface area contributed by atoms with Crippen LogP contribution in [0.25, 0.3) is 0 Å². The Labute approximate surface area is 133 Å². The van der Waals surface area contributed by atoms with Crippen LogP contribution in [0, 0.1) is 25.1 Å². The number of aryl methyl sites for hydroxylation is 1. The zero-order valence-electron chi connectivity index (χ0n) is 12.2. The second-order valence-electron chi connectivity index (χ2n) is 4.74. The number of terminal acetylenes is 1.